The minimum Gasteiger partial charge on any atom is -0.378 e. The van der Waals surface area contributed by atoms with E-state index in [2.05, 4.69) is 56.9 Å². The number of nitrogens with one attached hydrogen (secondary N) is 1. The molecule has 41 heavy (non-hydrogen) atoms. The molecule has 0 radical (unpaired) electrons. The van der Waals surface area contributed by atoms with Crippen LogP contribution >= 0.6 is 11.6 Å². The van der Waals surface area contributed by atoms with Gasteiger partial charge in [0.15, 0.2) is 11.0 Å². The highest BCUT2D eigenvalue weighted by atomic mass is 35.5. The molecule has 9 heteroatoms. The lowest BCUT2D eigenvalue weighted by atomic mass is 10.00. The lowest BCUT2D eigenvalue weighted by Crippen LogP contribution is -2.36. The van der Waals surface area contributed by atoms with Gasteiger partial charge in [-0.3, -0.25) is 9.98 Å². The number of allylic oxidation sites excluding steroid dienone is 2. The Kier molecular flexibility index (Phi) is 12.7. The lowest BCUT2D eigenvalue weighted by Gasteiger charge is -2.27. The Balaban J connectivity index is 0.000000451. The molecule has 5 rings (SSSR count). The van der Waals surface area contributed by atoms with Gasteiger partial charge in [-0.2, -0.15) is 0 Å². The van der Waals surface area contributed by atoms with Gasteiger partial charge in [-0.15, -0.1) is 0 Å². The predicted molar refractivity (Wildman–Crippen MR) is 174 cm³/mol. The topological polar surface area (TPSA) is 79.7 Å². The van der Waals surface area contributed by atoms with E-state index in [0.717, 1.165) is 57.2 Å². The van der Waals surface area contributed by atoms with Gasteiger partial charge in [0, 0.05) is 53.4 Å². The molecule has 1 unspecified atom stereocenters. The fourth-order valence-electron chi connectivity index (χ4n) is 3.90. The van der Waals surface area contributed by atoms with E-state index in [0.29, 0.717) is 18.1 Å². The first-order chi connectivity index (χ1) is 19.9. The summed E-state index contributed by atoms with van der Waals surface area (Å²) < 4.78 is 21.5. The summed E-state index contributed by atoms with van der Waals surface area (Å²) in [5.74, 6) is 0.883. The number of benzene rings is 2. The summed E-state index contributed by atoms with van der Waals surface area (Å²) in [7, 11) is -1.42. The molecule has 3 heterocycles. The summed E-state index contributed by atoms with van der Waals surface area (Å²) in [6, 6.07) is 20.0. The largest absolute Gasteiger partial charge is 0.378 e. The molecule has 4 aromatic rings. The van der Waals surface area contributed by atoms with Crippen LogP contribution in [0, 0.1) is 6.92 Å². The summed E-state index contributed by atoms with van der Waals surface area (Å²) >= 11 is 5.32. The number of aromatic nitrogens is 2. The van der Waals surface area contributed by atoms with Crippen LogP contribution in [0.1, 0.15) is 19.4 Å². The molecule has 1 N–H and O–H groups in total. The van der Waals surface area contributed by atoms with Crippen molar-refractivity contribution >= 4 is 51.6 Å². The van der Waals surface area contributed by atoms with Crippen LogP contribution in [0.5, 0.6) is 0 Å². The third-order valence-corrected chi connectivity index (χ3v) is 7.48. The van der Waals surface area contributed by atoms with Gasteiger partial charge in [0.25, 0.3) is 0 Å². The predicted octanol–water partition coefficient (Wildman–Crippen LogP) is 7.56. The van der Waals surface area contributed by atoms with Crippen LogP contribution in [0.25, 0.3) is 22.0 Å². The van der Waals surface area contributed by atoms with Gasteiger partial charge < -0.3 is 14.4 Å². The van der Waals surface area contributed by atoms with E-state index in [4.69, 9.17) is 16.3 Å². The zero-order valence-electron chi connectivity index (χ0n) is 23.7. The monoisotopic (exact) mass is 589 g/mol. The number of rotatable bonds is 6. The maximum absolute atomic E-state index is 13.0. The van der Waals surface area contributed by atoms with Gasteiger partial charge in [-0.05, 0) is 68.8 Å². The Bertz CT molecular complexity index is 1490. The number of hydrogen-bond donors (Lipinski definition) is 1. The maximum atomic E-state index is 13.0. The lowest BCUT2D eigenvalue weighted by molar-refractivity contribution is 0.122. The van der Waals surface area contributed by atoms with Crippen LogP contribution in [0.15, 0.2) is 107 Å². The van der Waals surface area contributed by atoms with Crippen molar-refractivity contribution in [2.75, 3.05) is 35.9 Å². The minimum atomic E-state index is -1.42. The van der Waals surface area contributed by atoms with Crippen molar-refractivity contribution in [3.05, 3.63) is 103 Å². The molecule has 214 valence electrons. The van der Waals surface area contributed by atoms with Crippen LogP contribution in [0.2, 0.25) is 0 Å². The molecule has 7 nitrogen and oxygen atoms in total. The van der Waals surface area contributed by atoms with Gasteiger partial charge in [0.1, 0.15) is 5.82 Å². The number of anilines is 2. The fraction of sp³-hybridized carbons (Fsp3) is 0.219. The molecule has 1 fully saturated rings. The van der Waals surface area contributed by atoms with Crippen LogP contribution in [0.3, 0.4) is 0 Å². The van der Waals surface area contributed by atoms with Crippen molar-refractivity contribution < 1.29 is 8.95 Å². The summed E-state index contributed by atoms with van der Waals surface area (Å²) in [6.45, 7) is 15.2. The molecule has 1 aliphatic rings. The van der Waals surface area contributed by atoms with Crippen LogP contribution in [-0.4, -0.2) is 47.2 Å². The quantitative estimate of drug-likeness (QED) is 0.235. The van der Waals surface area contributed by atoms with Crippen LogP contribution in [0.4, 0.5) is 11.5 Å². The first-order valence-electron chi connectivity index (χ1n) is 13.1. The normalized spacial score (nSPS) is 13.7. The van der Waals surface area contributed by atoms with E-state index in [1.165, 1.54) is 6.20 Å². The molecule has 1 saturated heterocycles. The van der Waals surface area contributed by atoms with Gasteiger partial charge in [0.05, 0.1) is 23.8 Å². The number of pyridine rings is 2. The van der Waals surface area contributed by atoms with Crippen LogP contribution < -0.4 is 9.62 Å². The third kappa shape index (κ3) is 9.35. The highest BCUT2D eigenvalue weighted by Crippen LogP contribution is 2.31. The molecule has 0 bridgehead atoms. The molecule has 0 spiro atoms. The van der Waals surface area contributed by atoms with Gasteiger partial charge in [-0.25, -0.2) is 9.19 Å². The molecule has 1 aliphatic heterocycles. The first-order valence-corrected chi connectivity index (χ1v) is 14.7. The molecule has 0 saturated carbocycles. The Morgan fingerprint density at radius 3 is 2.46 bits per heavy atom. The highest BCUT2D eigenvalue weighted by Gasteiger charge is 2.14. The third-order valence-electron chi connectivity index (χ3n) is 6.17. The summed E-state index contributed by atoms with van der Waals surface area (Å²) in [5, 5.41) is 3.09. The fourth-order valence-corrected chi connectivity index (χ4v) is 4.70. The molecule has 0 amide bonds. The summed E-state index contributed by atoms with van der Waals surface area (Å²) in [6.07, 6.45) is 6.74. The standard InChI is InChI=1S/C25H24N4O2S.C4H7Cl.C3H5N/c1-18-6-7-20(16-23(18)25-22-5-3-2-4-19(22)10-11-26-25)28-32(30)21-8-9-24(27-17-21)29-12-14-31-15-13-29;1-3-4(2)5;1-3-4-2/h2-11,16-17,28H,12-15H2,1H3;3H,1-2H3;3H,1-2H2/b;4-3+;. The second kappa shape index (κ2) is 16.4. The van der Waals surface area contributed by atoms with E-state index < -0.39 is 11.0 Å². The van der Waals surface area contributed by atoms with Crippen molar-refractivity contribution in [2.24, 2.45) is 4.99 Å². The number of fused-ring (bicyclic) bond motifs is 1. The Labute approximate surface area is 250 Å². The zero-order chi connectivity index (χ0) is 29.6. The van der Waals surface area contributed by atoms with Crippen molar-refractivity contribution in [3.8, 4) is 11.3 Å². The Morgan fingerprint density at radius 1 is 1.12 bits per heavy atom. The summed E-state index contributed by atoms with van der Waals surface area (Å²) in [4.78, 5) is 15.2. The number of aryl methyl sites for hydroxylation is 1. The number of halogens is 1. The van der Waals surface area contributed by atoms with Crippen molar-refractivity contribution in [3.63, 3.8) is 0 Å². The number of nitrogens with zero attached hydrogens (tertiary/aromatic N) is 4. The number of hydrogen-bond acceptors (Lipinski definition) is 6. The zero-order valence-corrected chi connectivity index (χ0v) is 25.3. The van der Waals surface area contributed by atoms with E-state index in [1.54, 1.807) is 6.20 Å². The van der Waals surface area contributed by atoms with Crippen molar-refractivity contribution in [1.82, 2.24) is 9.97 Å². The Hall–Kier alpha value is -3.85. The molecule has 1 atom stereocenters. The van der Waals surface area contributed by atoms with E-state index in [9.17, 15) is 4.21 Å². The molecular formula is C32H36ClN5O2S. The second-order valence-corrected chi connectivity index (χ2v) is 10.8. The number of morpholine rings is 1. The van der Waals surface area contributed by atoms with Crippen LogP contribution in [-0.2, 0) is 15.7 Å². The molecule has 2 aromatic carbocycles. The Morgan fingerprint density at radius 2 is 1.83 bits per heavy atom. The van der Waals surface area contributed by atoms with Gasteiger partial charge in [0.2, 0.25) is 0 Å². The number of aliphatic imine (C=N–C) groups is 1. The average Bonchev–Trinajstić information content (AvgIpc) is 3.02. The smallest absolute Gasteiger partial charge is 0.151 e. The van der Waals surface area contributed by atoms with E-state index in [-0.39, 0.29) is 0 Å². The van der Waals surface area contributed by atoms with Crippen molar-refractivity contribution in [1.29, 1.82) is 0 Å². The molecule has 0 aliphatic carbocycles. The molecule has 2 aromatic heterocycles. The molecular weight excluding hydrogens is 554 g/mol. The maximum Gasteiger partial charge on any atom is 0.151 e. The number of ether oxygens (including phenoxy) is 1. The highest BCUT2D eigenvalue weighted by molar-refractivity contribution is 7.86. The van der Waals surface area contributed by atoms with E-state index >= 15 is 0 Å². The van der Waals surface area contributed by atoms with E-state index in [1.807, 2.05) is 74.7 Å². The second-order valence-electron chi connectivity index (χ2n) is 8.97. The summed E-state index contributed by atoms with van der Waals surface area (Å²) in [5.41, 5.74) is 3.83. The SMILES string of the molecule is C/C=C(\C)Cl.C=CN=C.Cc1ccc(NS(=O)c2ccc(N3CCOCC3)nc2)cc1-c1nccc2ccccc12. The van der Waals surface area contributed by atoms with Gasteiger partial charge >= 0.3 is 0 Å². The average molecular weight is 590 g/mol. The first kappa shape index (κ1) is 31.7. The minimum absolute atomic E-state index is 0.632. The van der Waals surface area contributed by atoms with Crippen molar-refractivity contribution in [2.45, 2.75) is 25.7 Å². The van der Waals surface area contributed by atoms with Gasteiger partial charge in [-0.1, -0.05) is 54.6 Å².